The van der Waals surface area contributed by atoms with Crippen molar-refractivity contribution in [3.05, 3.63) is 88.4 Å². The van der Waals surface area contributed by atoms with E-state index in [1.807, 2.05) is 36.4 Å². The van der Waals surface area contributed by atoms with Gasteiger partial charge in [0.1, 0.15) is 0 Å². The zero-order valence-corrected chi connectivity index (χ0v) is 19.8. The summed E-state index contributed by atoms with van der Waals surface area (Å²) < 4.78 is 0. The maximum Gasteiger partial charge on any atom is 0.255 e. The van der Waals surface area contributed by atoms with Gasteiger partial charge in [-0.2, -0.15) is 0 Å². The van der Waals surface area contributed by atoms with Crippen molar-refractivity contribution in [2.24, 2.45) is 5.73 Å². The molecule has 0 unspecified atom stereocenters. The van der Waals surface area contributed by atoms with Crippen molar-refractivity contribution < 1.29 is 9.59 Å². The summed E-state index contributed by atoms with van der Waals surface area (Å²) in [6, 6.07) is 20.6. The van der Waals surface area contributed by atoms with Gasteiger partial charge >= 0.3 is 0 Å². The Morgan fingerprint density at radius 1 is 0.939 bits per heavy atom. The number of anilines is 1. The molecule has 0 bridgehead atoms. The monoisotopic (exact) mass is 483 g/mol. The first kappa shape index (κ1) is 24.8. The van der Waals surface area contributed by atoms with Crippen LogP contribution < -0.4 is 11.1 Å². The molecular formula is C26H27Cl2N3O2. The molecule has 0 aromatic heterocycles. The van der Waals surface area contributed by atoms with Crippen molar-refractivity contribution in [3.8, 4) is 11.1 Å². The van der Waals surface area contributed by atoms with Crippen molar-refractivity contribution in [2.45, 2.75) is 25.8 Å². The van der Waals surface area contributed by atoms with E-state index < -0.39 is 5.91 Å². The number of benzene rings is 3. The molecule has 3 aromatic carbocycles. The summed E-state index contributed by atoms with van der Waals surface area (Å²) in [6.07, 6.45) is 3.67. The van der Waals surface area contributed by atoms with Gasteiger partial charge in [0, 0.05) is 17.1 Å². The fourth-order valence-corrected chi connectivity index (χ4v) is 4.32. The average molecular weight is 484 g/mol. The number of amides is 2. The van der Waals surface area contributed by atoms with E-state index in [1.54, 1.807) is 12.1 Å². The van der Waals surface area contributed by atoms with Crippen LogP contribution >= 0.6 is 24.0 Å². The van der Waals surface area contributed by atoms with E-state index in [0.717, 1.165) is 36.3 Å². The number of nitrogens with zero attached hydrogens (tertiary/aromatic N) is 1. The lowest BCUT2D eigenvalue weighted by Gasteiger charge is -2.27. The van der Waals surface area contributed by atoms with E-state index in [9.17, 15) is 9.59 Å². The maximum absolute atomic E-state index is 13.1. The molecule has 3 aromatic rings. The number of nitrogens with two attached hydrogens (primary N) is 1. The second-order valence-corrected chi connectivity index (χ2v) is 8.52. The van der Waals surface area contributed by atoms with Crippen LogP contribution in [0.5, 0.6) is 0 Å². The quantitative estimate of drug-likeness (QED) is 0.467. The number of likely N-dealkylation sites (tertiary alicyclic amines) is 1. The SMILES string of the molecule is Cl.NC(=O)c1cc(Cl)ccc1NC(=O)c1ccc(-c2ccccc2)c(CN2CCCCC2)c1. The first-order valence-corrected chi connectivity index (χ1v) is 11.2. The molecule has 7 heteroatoms. The predicted octanol–water partition coefficient (Wildman–Crippen LogP) is 5.77. The number of piperidine rings is 1. The smallest absolute Gasteiger partial charge is 0.255 e. The maximum atomic E-state index is 13.1. The lowest BCUT2D eigenvalue weighted by molar-refractivity contribution is 0.100. The van der Waals surface area contributed by atoms with Crippen LogP contribution in [0.3, 0.4) is 0 Å². The predicted molar refractivity (Wildman–Crippen MR) is 136 cm³/mol. The number of hydrogen-bond acceptors (Lipinski definition) is 3. The van der Waals surface area contributed by atoms with Gasteiger partial charge in [0.15, 0.2) is 0 Å². The fourth-order valence-electron chi connectivity index (χ4n) is 4.15. The van der Waals surface area contributed by atoms with Gasteiger partial charge in [-0.3, -0.25) is 14.5 Å². The summed E-state index contributed by atoms with van der Waals surface area (Å²) >= 11 is 5.98. The third-order valence-electron chi connectivity index (χ3n) is 5.79. The second kappa shape index (κ2) is 11.3. The number of rotatable bonds is 6. The molecule has 0 saturated carbocycles. The number of carbonyl (C=O) groups is 2. The summed E-state index contributed by atoms with van der Waals surface area (Å²) in [5, 5.41) is 3.20. The molecule has 2 amide bonds. The Balaban J connectivity index is 0.00000306. The van der Waals surface area contributed by atoms with Gasteiger partial charge in [0.2, 0.25) is 0 Å². The highest BCUT2D eigenvalue weighted by Gasteiger charge is 2.17. The Morgan fingerprint density at radius 2 is 1.67 bits per heavy atom. The summed E-state index contributed by atoms with van der Waals surface area (Å²) in [6.45, 7) is 2.92. The standard InChI is InChI=1S/C26H26ClN3O2.ClH/c27-21-10-12-24(23(16-21)25(28)31)29-26(32)19-9-11-22(18-7-3-1-4-8-18)20(15-19)17-30-13-5-2-6-14-30;/h1,3-4,7-12,15-16H,2,5-6,13-14,17H2,(H2,28,31)(H,29,32);1H. The number of hydrogen-bond donors (Lipinski definition) is 2. The molecule has 1 aliphatic rings. The molecule has 5 nitrogen and oxygen atoms in total. The van der Waals surface area contributed by atoms with E-state index in [2.05, 4.69) is 22.3 Å². The minimum Gasteiger partial charge on any atom is -0.366 e. The van der Waals surface area contributed by atoms with Crippen LogP contribution in [0.4, 0.5) is 5.69 Å². The lowest BCUT2D eigenvalue weighted by Crippen LogP contribution is -2.29. The topological polar surface area (TPSA) is 75.4 Å². The highest BCUT2D eigenvalue weighted by atomic mass is 35.5. The molecule has 3 N–H and O–H groups in total. The molecular weight excluding hydrogens is 457 g/mol. The molecule has 1 aliphatic heterocycles. The minimum atomic E-state index is -0.645. The average Bonchev–Trinajstić information content (AvgIpc) is 2.81. The zero-order chi connectivity index (χ0) is 22.5. The first-order chi connectivity index (χ1) is 15.5. The highest BCUT2D eigenvalue weighted by Crippen LogP contribution is 2.28. The van der Waals surface area contributed by atoms with Crippen molar-refractivity contribution in [1.29, 1.82) is 0 Å². The largest absolute Gasteiger partial charge is 0.366 e. The molecule has 172 valence electrons. The molecule has 4 rings (SSSR count). The zero-order valence-electron chi connectivity index (χ0n) is 18.2. The molecule has 0 aliphatic carbocycles. The molecule has 1 fully saturated rings. The fraction of sp³-hybridized carbons (Fsp3) is 0.231. The molecule has 0 radical (unpaired) electrons. The lowest BCUT2D eigenvalue weighted by atomic mass is 9.96. The van der Waals surface area contributed by atoms with Crippen molar-refractivity contribution in [3.63, 3.8) is 0 Å². The highest BCUT2D eigenvalue weighted by molar-refractivity contribution is 6.31. The molecule has 0 atom stereocenters. The van der Waals surface area contributed by atoms with E-state index >= 15 is 0 Å². The number of nitrogens with one attached hydrogen (secondary N) is 1. The van der Waals surface area contributed by atoms with Crippen molar-refractivity contribution in [2.75, 3.05) is 18.4 Å². The number of primary amides is 1. The molecule has 1 saturated heterocycles. The van der Waals surface area contributed by atoms with Gasteiger partial charge in [-0.05, 0) is 73.0 Å². The van der Waals surface area contributed by atoms with Gasteiger partial charge in [-0.25, -0.2) is 0 Å². The van der Waals surface area contributed by atoms with E-state index in [4.69, 9.17) is 17.3 Å². The van der Waals surface area contributed by atoms with Crippen molar-refractivity contribution in [1.82, 2.24) is 4.90 Å². The summed E-state index contributed by atoms with van der Waals surface area (Å²) in [5.41, 5.74) is 9.87. The van der Waals surface area contributed by atoms with Gasteiger partial charge in [-0.1, -0.05) is 54.4 Å². The Kier molecular flexibility index (Phi) is 8.50. The van der Waals surface area contributed by atoms with E-state index in [0.29, 0.717) is 16.3 Å². The van der Waals surface area contributed by atoms with Gasteiger partial charge in [-0.15, -0.1) is 12.4 Å². The van der Waals surface area contributed by atoms with Crippen LogP contribution in [-0.4, -0.2) is 29.8 Å². The van der Waals surface area contributed by atoms with Crippen LogP contribution in [0.15, 0.2) is 66.7 Å². The van der Waals surface area contributed by atoms with Crippen molar-refractivity contribution >= 4 is 41.5 Å². The van der Waals surface area contributed by atoms with Crippen LogP contribution in [-0.2, 0) is 6.54 Å². The summed E-state index contributed by atoms with van der Waals surface area (Å²) in [5.74, 6) is -0.942. The van der Waals surface area contributed by atoms with Gasteiger partial charge in [0.05, 0.1) is 11.3 Å². The summed E-state index contributed by atoms with van der Waals surface area (Å²) in [7, 11) is 0. The van der Waals surface area contributed by atoms with Crippen LogP contribution in [0.1, 0.15) is 45.5 Å². The minimum absolute atomic E-state index is 0. The molecule has 33 heavy (non-hydrogen) atoms. The first-order valence-electron chi connectivity index (χ1n) is 10.8. The number of carbonyl (C=O) groups excluding carboxylic acids is 2. The van der Waals surface area contributed by atoms with E-state index in [-0.39, 0.29) is 23.9 Å². The summed E-state index contributed by atoms with van der Waals surface area (Å²) in [4.78, 5) is 27.3. The second-order valence-electron chi connectivity index (χ2n) is 8.08. The third-order valence-corrected chi connectivity index (χ3v) is 6.03. The Bertz CT molecular complexity index is 1130. The molecule has 1 heterocycles. The van der Waals surface area contributed by atoms with Gasteiger partial charge < -0.3 is 11.1 Å². The number of halogens is 2. The van der Waals surface area contributed by atoms with Crippen LogP contribution in [0, 0.1) is 0 Å². The Hall–Kier alpha value is -2.86. The van der Waals surface area contributed by atoms with E-state index in [1.165, 1.54) is 25.3 Å². The van der Waals surface area contributed by atoms with Crippen LogP contribution in [0.25, 0.3) is 11.1 Å². The molecule has 0 spiro atoms. The Morgan fingerprint density at radius 3 is 2.36 bits per heavy atom. The van der Waals surface area contributed by atoms with Gasteiger partial charge in [0.25, 0.3) is 11.8 Å². The Labute approximate surface area is 205 Å². The third kappa shape index (κ3) is 6.14. The van der Waals surface area contributed by atoms with Crippen LogP contribution in [0.2, 0.25) is 5.02 Å². The normalized spacial score (nSPS) is 13.7.